The van der Waals surface area contributed by atoms with Gasteiger partial charge < -0.3 is 15.2 Å². The maximum atomic E-state index is 11.8. The molecular weight excluding hydrogens is 206 g/mol. The van der Waals surface area contributed by atoms with E-state index in [-0.39, 0.29) is 23.7 Å². The highest BCUT2D eigenvalue weighted by molar-refractivity contribution is 5.75. The molecule has 0 aliphatic heterocycles. The summed E-state index contributed by atoms with van der Waals surface area (Å²) in [7, 11) is 3.31. The Balaban J connectivity index is 3.20. The van der Waals surface area contributed by atoms with Crippen LogP contribution >= 0.6 is 0 Å². The van der Waals surface area contributed by atoms with Crippen LogP contribution in [0.25, 0.3) is 0 Å². The van der Waals surface area contributed by atoms with Crippen molar-refractivity contribution in [2.75, 3.05) is 19.8 Å². The summed E-state index contributed by atoms with van der Waals surface area (Å²) in [6.07, 6.45) is 0. The number of aryl methyl sites for hydroxylation is 2. The Labute approximate surface area is 94.5 Å². The van der Waals surface area contributed by atoms with E-state index in [2.05, 4.69) is 0 Å². The number of nitrogens with zero attached hydrogens (tertiary/aromatic N) is 2. The average molecular weight is 223 g/mol. The summed E-state index contributed by atoms with van der Waals surface area (Å²) in [5.74, 6) is -0.131. The van der Waals surface area contributed by atoms with Crippen LogP contribution in [-0.2, 0) is 11.3 Å². The van der Waals surface area contributed by atoms with Crippen LogP contribution in [0.15, 0.2) is 10.9 Å². The topological polar surface area (TPSA) is 68.3 Å². The average Bonchev–Trinajstić information content (AvgIpc) is 2.20. The SMILES string of the molecule is Cc1cc(C)n(CC(=O)N(C)C)c(=O)c1N. The first-order chi connectivity index (χ1) is 7.34. The Morgan fingerprint density at radius 3 is 2.50 bits per heavy atom. The minimum atomic E-state index is -0.298. The molecule has 0 radical (unpaired) electrons. The molecule has 0 fully saturated rings. The van der Waals surface area contributed by atoms with E-state index in [1.807, 2.05) is 0 Å². The molecule has 1 aromatic heterocycles. The third-order valence-corrected chi connectivity index (χ3v) is 2.54. The van der Waals surface area contributed by atoms with Crippen molar-refractivity contribution in [2.45, 2.75) is 20.4 Å². The highest BCUT2D eigenvalue weighted by atomic mass is 16.2. The summed E-state index contributed by atoms with van der Waals surface area (Å²) in [6.45, 7) is 3.60. The molecule has 88 valence electrons. The van der Waals surface area contributed by atoms with Gasteiger partial charge in [0.2, 0.25) is 5.91 Å². The predicted octanol–water partition coefficient (Wildman–Crippen LogP) is 0.136. The van der Waals surface area contributed by atoms with Gasteiger partial charge >= 0.3 is 0 Å². The highest BCUT2D eigenvalue weighted by Gasteiger charge is 2.11. The van der Waals surface area contributed by atoms with Gasteiger partial charge in [-0.1, -0.05) is 0 Å². The van der Waals surface area contributed by atoms with Gasteiger partial charge in [0.15, 0.2) is 0 Å². The van der Waals surface area contributed by atoms with Gasteiger partial charge in [0.05, 0.1) is 0 Å². The Hall–Kier alpha value is -1.78. The summed E-state index contributed by atoms with van der Waals surface area (Å²) in [5, 5.41) is 0. The first-order valence-electron chi connectivity index (χ1n) is 5.01. The van der Waals surface area contributed by atoms with Gasteiger partial charge in [-0.3, -0.25) is 9.59 Å². The molecule has 0 aliphatic carbocycles. The number of likely N-dealkylation sites (N-methyl/N-ethyl adjacent to an activating group) is 1. The molecule has 0 aromatic carbocycles. The minimum absolute atomic E-state index is 0.0299. The Kier molecular flexibility index (Phi) is 3.37. The Morgan fingerprint density at radius 2 is 2.00 bits per heavy atom. The largest absolute Gasteiger partial charge is 0.394 e. The van der Waals surface area contributed by atoms with E-state index in [1.165, 1.54) is 9.47 Å². The molecule has 0 aliphatic rings. The Bertz CT molecular complexity index is 475. The molecule has 2 N–H and O–H groups in total. The number of rotatable bonds is 2. The zero-order valence-corrected chi connectivity index (χ0v) is 10.1. The number of amides is 1. The van der Waals surface area contributed by atoms with Crippen LogP contribution < -0.4 is 11.3 Å². The smallest absolute Gasteiger partial charge is 0.274 e. The van der Waals surface area contributed by atoms with E-state index in [9.17, 15) is 9.59 Å². The van der Waals surface area contributed by atoms with Crippen LogP contribution in [0.1, 0.15) is 11.3 Å². The van der Waals surface area contributed by atoms with E-state index < -0.39 is 0 Å². The van der Waals surface area contributed by atoms with Crippen molar-refractivity contribution in [3.8, 4) is 0 Å². The van der Waals surface area contributed by atoms with Gasteiger partial charge in [0, 0.05) is 19.8 Å². The third-order valence-electron chi connectivity index (χ3n) is 2.54. The molecule has 0 unspecified atom stereocenters. The van der Waals surface area contributed by atoms with E-state index in [1.54, 1.807) is 34.0 Å². The van der Waals surface area contributed by atoms with Gasteiger partial charge in [-0.2, -0.15) is 0 Å². The fourth-order valence-electron chi connectivity index (χ4n) is 1.42. The van der Waals surface area contributed by atoms with Crippen LogP contribution in [0, 0.1) is 13.8 Å². The number of anilines is 1. The first-order valence-corrected chi connectivity index (χ1v) is 5.01. The molecule has 16 heavy (non-hydrogen) atoms. The summed E-state index contributed by atoms with van der Waals surface area (Å²) in [5.41, 5.74) is 7.04. The molecule has 0 atom stereocenters. The molecular formula is C11H17N3O2. The maximum Gasteiger partial charge on any atom is 0.274 e. The second-order valence-electron chi connectivity index (χ2n) is 4.06. The molecule has 1 rings (SSSR count). The quantitative estimate of drug-likeness (QED) is 0.775. The lowest BCUT2D eigenvalue weighted by Crippen LogP contribution is -2.33. The molecule has 0 saturated heterocycles. The Morgan fingerprint density at radius 1 is 1.44 bits per heavy atom. The zero-order valence-electron chi connectivity index (χ0n) is 10.1. The molecule has 0 bridgehead atoms. The van der Waals surface area contributed by atoms with E-state index in [0.29, 0.717) is 0 Å². The van der Waals surface area contributed by atoms with Crippen LogP contribution in [0.5, 0.6) is 0 Å². The predicted molar refractivity (Wildman–Crippen MR) is 63.3 cm³/mol. The van der Waals surface area contributed by atoms with Crippen LogP contribution in [0.3, 0.4) is 0 Å². The normalized spacial score (nSPS) is 10.2. The number of carbonyl (C=O) groups excluding carboxylic acids is 1. The molecule has 1 heterocycles. The third kappa shape index (κ3) is 2.24. The van der Waals surface area contributed by atoms with E-state index >= 15 is 0 Å². The lowest BCUT2D eigenvalue weighted by Gasteiger charge is -2.15. The standard InChI is InChI=1S/C11H17N3O2/c1-7-5-8(2)14(11(16)10(7)12)6-9(15)13(3)4/h5H,6,12H2,1-4H3. The van der Waals surface area contributed by atoms with Crippen molar-refractivity contribution in [1.29, 1.82) is 0 Å². The van der Waals surface area contributed by atoms with Gasteiger partial charge in [-0.05, 0) is 25.5 Å². The van der Waals surface area contributed by atoms with Crippen LogP contribution in [0.2, 0.25) is 0 Å². The molecule has 1 aromatic rings. The highest BCUT2D eigenvalue weighted by Crippen LogP contribution is 2.07. The number of nitrogens with two attached hydrogens (primary N) is 1. The number of carbonyl (C=O) groups is 1. The first kappa shape index (κ1) is 12.3. The van der Waals surface area contributed by atoms with E-state index in [0.717, 1.165) is 11.3 Å². The van der Waals surface area contributed by atoms with Crippen molar-refractivity contribution < 1.29 is 4.79 Å². The lowest BCUT2D eigenvalue weighted by atomic mass is 10.2. The van der Waals surface area contributed by atoms with Crippen molar-refractivity contribution in [2.24, 2.45) is 0 Å². The maximum absolute atomic E-state index is 11.8. The molecule has 5 heteroatoms. The van der Waals surface area contributed by atoms with Gasteiger partial charge in [0.1, 0.15) is 12.2 Å². The molecule has 1 amide bonds. The second-order valence-corrected chi connectivity index (χ2v) is 4.06. The minimum Gasteiger partial charge on any atom is -0.394 e. The van der Waals surface area contributed by atoms with Gasteiger partial charge in [-0.15, -0.1) is 0 Å². The fraction of sp³-hybridized carbons (Fsp3) is 0.455. The molecule has 0 saturated carbocycles. The molecule has 0 spiro atoms. The van der Waals surface area contributed by atoms with Crippen molar-refractivity contribution >= 4 is 11.6 Å². The summed E-state index contributed by atoms with van der Waals surface area (Å²) >= 11 is 0. The van der Waals surface area contributed by atoms with Crippen molar-refractivity contribution in [1.82, 2.24) is 9.47 Å². The van der Waals surface area contributed by atoms with Crippen molar-refractivity contribution in [3.05, 3.63) is 27.7 Å². The summed E-state index contributed by atoms with van der Waals surface area (Å²) in [4.78, 5) is 24.8. The fourth-order valence-corrected chi connectivity index (χ4v) is 1.42. The lowest BCUT2D eigenvalue weighted by molar-refractivity contribution is -0.129. The summed E-state index contributed by atoms with van der Waals surface area (Å²) < 4.78 is 1.39. The van der Waals surface area contributed by atoms with Crippen molar-refractivity contribution in [3.63, 3.8) is 0 Å². The number of nitrogen functional groups attached to an aromatic ring is 1. The molecule has 5 nitrogen and oxygen atoms in total. The number of aromatic nitrogens is 1. The number of hydrogen-bond donors (Lipinski definition) is 1. The van der Waals surface area contributed by atoms with E-state index in [4.69, 9.17) is 5.73 Å². The number of pyridine rings is 1. The zero-order chi connectivity index (χ0) is 12.5. The number of hydrogen-bond acceptors (Lipinski definition) is 3. The second kappa shape index (κ2) is 4.38. The van der Waals surface area contributed by atoms with Gasteiger partial charge in [-0.25, -0.2) is 0 Å². The van der Waals surface area contributed by atoms with Crippen LogP contribution in [-0.4, -0.2) is 29.5 Å². The summed E-state index contributed by atoms with van der Waals surface area (Å²) in [6, 6.07) is 1.81. The van der Waals surface area contributed by atoms with Gasteiger partial charge in [0.25, 0.3) is 5.56 Å². The van der Waals surface area contributed by atoms with Crippen LogP contribution in [0.4, 0.5) is 5.69 Å². The monoisotopic (exact) mass is 223 g/mol.